The van der Waals surface area contributed by atoms with Crippen LogP contribution in [0.4, 0.5) is 0 Å². The molecule has 224 valence electrons. The van der Waals surface area contributed by atoms with Crippen LogP contribution in [0.2, 0.25) is 0 Å². The molecule has 9 rings (SSSR count). The first-order valence-corrected chi connectivity index (χ1v) is 15.9. The van der Waals surface area contributed by atoms with Gasteiger partial charge in [-0.1, -0.05) is 48.5 Å². The van der Waals surface area contributed by atoms with E-state index < -0.39 is 0 Å². The molecule has 4 aromatic heterocycles. The third-order valence-electron chi connectivity index (χ3n) is 9.06. The number of nitrogens with zero attached hydrogens (tertiary/aromatic N) is 2. The van der Waals surface area contributed by atoms with E-state index in [0.717, 1.165) is 55.1 Å². The minimum absolute atomic E-state index is 0.809. The molecule has 0 atom stereocenters. The molecule has 0 aliphatic rings. The summed E-state index contributed by atoms with van der Waals surface area (Å²) in [6.45, 7) is 6.51. The van der Waals surface area contributed by atoms with E-state index in [1.165, 1.54) is 50.1 Å². The summed E-state index contributed by atoms with van der Waals surface area (Å²) in [7, 11) is 0. The van der Waals surface area contributed by atoms with Crippen molar-refractivity contribution in [2.24, 2.45) is 0 Å². The van der Waals surface area contributed by atoms with Gasteiger partial charge in [0, 0.05) is 34.7 Å². The van der Waals surface area contributed by atoms with Crippen LogP contribution in [-0.2, 0) is 0 Å². The molecular formula is C43H30N2O2. The summed E-state index contributed by atoms with van der Waals surface area (Å²) in [5.41, 5.74) is 17.4. The number of furan rings is 2. The van der Waals surface area contributed by atoms with Gasteiger partial charge in [-0.3, -0.25) is 9.97 Å². The van der Waals surface area contributed by atoms with Crippen molar-refractivity contribution in [2.45, 2.75) is 20.8 Å². The van der Waals surface area contributed by atoms with Crippen LogP contribution in [0.25, 0.3) is 88.5 Å². The Kier molecular flexibility index (Phi) is 6.12. The summed E-state index contributed by atoms with van der Waals surface area (Å²) in [5, 5.41) is 3.15. The van der Waals surface area contributed by atoms with Gasteiger partial charge in [0.2, 0.25) is 0 Å². The molecule has 0 aliphatic carbocycles. The maximum Gasteiger partial charge on any atom is 0.153 e. The Labute approximate surface area is 272 Å². The van der Waals surface area contributed by atoms with Crippen molar-refractivity contribution in [1.29, 1.82) is 0 Å². The van der Waals surface area contributed by atoms with Gasteiger partial charge >= 0.3 is 0 Å². The van der Waals surface area contributed by atoms with Gasteiger partial charge < -0.3 is 8.83 Å². The van der Waals surface area contributed by atoms with Crippen LogP contribution in [0.15, 0.2) is 137 Å². The van der Waals surface area contributed by atoms with Gasteiger partial charge in [-0.2, -0.15) is 0 Å². The fourth-order valence-corrected chi connectivity index (χ4v) is 6.93. The summed E-state index contributed by atoms with van der Waals surface area (Å²) < 4.78 is 12.1. The van der Waals surface area contributed by atoms with Crippen molar-refractivity contribution >= 4 is 44.0 Å². The third-order valence-corrected chi connectivity index (χ3v) is 9.06. The number of hydrogen-bond donors (Lipinski definition) is 0. The Balaban J connectivity index is 1.12. The molecular weight excluding hydrogens is 576 g/mol. The summed E-state index contributed by atoms with van der Waals surface area (Å²) >= 11 is 0. The molecule has 0 N–H and O–H groups in total. The van der Waals surface area contributed by atoms with E-state index in [0.29, 0.717) is 0 Å². The monoisotopic (exact) mass is 606 g/mol. The van der Waals surface area contributed by atoms with Crippen LogP contribution in [0.1, 0.15) is 16.7 Å². The van der Waals surface area contributed by atoms with Gasteiger partial charge in [0.25, 0.3) is 0 Å². The number of aryl methyl sites for hydroxylation is 3. The molecule has 0 spiro atoms. The molecule has 0 saturated carbocycles. The van der Waals surface area contributed by atoms with E-state index >= 15 is 0 Å². The fourth-order valence-electron chi connectivity index (χ4n) is 6.93. The van der Waals surface area contributed by atoms with Crippen molar-refractivity contribution in [3.63, 3.8) is 0 Å². The van der Waals surface area contributed by atoms with Crippen molar-refractivity contribution in [2.75, 3.05) is 0 Å². The molecule has 4 heterocycles. The van der Waals surface area contributed by atoms with E-state index in [4.69, 9.17) is 8.83 Å². The number of aromatic nitrogens is 2. The lowest BCUT2D eigenvalue weighted by Gasteiger charge is -2.13. The second kappa shape index (κ2) is 10.5. The topological polar surface area (TPSA) is 52.1 Å². The molecule has 9 aromatic rings. The summed E-state index contributed by atoms with van der Waals surface area (Å²) in [6.07, 6.45) is 5.47. The normalized spacial score (nSPS) is 11.7. The van der Waals surface area contributed by atoms with Crippen LogP contribution in [0, 0.1) is 20.8 Å². The standard InChI is InChI=1S/C43H30N2O2/c1-25-13-30(28-6-8-39-36(22-28)38-24-44-12-10-41(38)46-39)19-32(15-25)34-17-27(3)18-35(21-34)33-16-26(2)14-31(20-33)29-7-9-40-37(23-29)43-42(47-40)5-4-11-45-43/h4-24H,1-3H3. The molecule has 0 radical (unpaired) electrons. The van der Waals surface area contributed by atoms with Crippen LogP contribution in [0.5, 0.6) is 0 Å². The van der Waals surface area contributed by atoms with Crippen molar-refractivity contribution < 1.29 is 8.83 Å². The minimum atomic E-state index is 0.809. The van der Waals surface area contributed by atoms with E-state index in [1.807, 2.05) is 30.6 Å². The highest BCUT2D eigenvalue weighted by Gasteiger charge is 2.13. The Hall–Kier alpha value is -6.00. The van der Waals surface area contributed by atoms with Crippen LogP contribution < -0.4 is 0 Å². The zero-order chi connectivity index (χ0) is 31.6. The lowest BCUT2D eigenvalue weighted by Crippen LogP contribution is -1.89. The van der Waals surface area contributed by atoms with Gasteiger partial charge in [0.15, 0.2) is 5.58 Å². The average molecular weight is 607 g/mol. The van der Waals surface area contributed by atoms with E-state index in [-0.39, 0.29) is 0 Å². The first-order valence-electron chi connectivity index (χ1n) is 15.9. The number of benzene rings is 5. The molecule has 0 fully saturated rings. The highest BCUT2D eigenvalue weighted by molar-refractivity contribution is 6.06. The first kappa shape index (κ1) is 27.3. The van der Waals surface area contributed by atoms with Crippen molar-refractivity contribution in [3.05, 3.63) is 144 Å². The molecule has 47 heavy (non-hydrogen) atoms. The Morgan fingerprint density at radius 2 is 0.894 bits per heavy atom. The summed E-state index contributed by atoms with van der Waals surface area (Å²) in [5.74, 6) is 0. The number of pyridine rings is 2. The fraction of sp³-hybridized carbons (Fsp3) is 0.0698. The molecule has 0 unspecified atom stereocenters. The average Bonchev–Trinajstić information content (AvgIpc) is 3.65. The van der Waals surface area contributed by atoms with Crippen LogP contribution >= 0.6 is 0 Å². The molecule has 0 saturated heterocycles. The lowest BCUT2D eigenvalue weighted by molar-refractivity contribution is 0.668. The number of fused-ring (bicyclic) bond motifs is 6. The van der Waals surface area contributed by atoms with Gasteiger partial charge in [-0.25, -0.2) is 0 Å². The molecule has 5 aromatic carbocycles. The lowest BCUT2D eigenvalue weighted by atomic mass is 9.91. The Morgan fingerprint density at radius 3 is 1.49 bits per heavy atom. The molecule has 0 bridgehead atoms. The highest BCUT2D eigenvalue weighted by atomic mass is 16.3. The zero-order valence-corrected chi connectivity index (χ0v) is 26.3. The SMILES string of the molecule is Cc1cc(-c2cc(C)cc(-c3ccc4oc5ccncc5c4c3)c2)cc(-c2cc(C)cc(-c3ccc4oc5cccnc5c4c3)c2)c1. The zero-order valence-electron chi connectivity index (χ0n) is 26.3. The summed E-state index contributed by atoms with van der Waals surface area (Å²) in [4.78, 5) is 8.92. The first-order chi connectivity index (χ1) is 22.9. The maximum absolute atomic E-state index is 6.06. The van der Waals surface area contributed by atoms with E-state index in [1.54, 1.807) is 6.20 Å². The molecule has 0 aliphatic heterocycles. The van der Waals surface area contributed by atoms with E-state index in [9.17, 15) is 0 Å². The third kappa shape index (κ3) is 4.77. The number of rotatable bonds is 4. The van der Waals surface area contributed by atoms with Gasteiger partial charge in [0.1, 0.15) is 22.3 Å². The Morgan fingerprint density at radius 1 is 0.404 bits per heavy atom. The molecule has 0 amide bonds. The second-order valence-electron chi connectivity index (χ2n) is 12.6. The maximum atomic E-state index is 6.06. The summed E-state index contributed by atoms with van der Waals surface area (Å²) in [6, 6.07) is 39.1. The van der Waals surface area contributed by atoms with Gasteiger partial charge in [0.05, 0.1) is 0 Å². The molecule has 4 nitrogen and oxygen atoms in total. The molecule has 4 heteroatoms. The van der Waals surface area contributed by atoms with E-state index in [2.05, 4.69) is 122 Å². The minimum Gasteiger partial charge on any atom is -0.456 e. The van der Waals surface area contributed by atoms with Crippen molar-refractivity contribution in [1.82, 2.24) is 9.97 Å². The predicted octanol–water partition coefficient (Wildman–Crippen LogP) is 11.9. The van der Waals surface area contributed by atoms with Gasteiger partial charge in [-0.15, -0.1) is 0 Å². The Bertz CT molecular complexity index is 2500. The van der Waals surface area contributed by atoms with Crippen molar-refractivity contribution in [3.8, 4) is 44.5 Å². The quantitative estimate of drug-likeness (QED) is 0.200. The predicted molar refractivity (Wildman–Crippen MR) is 193 cm³/mol. The second-order valence-corrected chi connectivity index (χ2v) is 12.6. The van der Waals surface area contributed by atoms with Gasteiger partial charge in [-0.05, 0) is 143 Å². The smallest absolute Gasteiger partial charge is 0.153 e. The number of hydrogen-bond acceptors (Lipinski definition) is 4. The van der Waals surface area contributed by atoms with Crippen LogP contribution in [-0.4, -0.2) is 9.97 Å². The highest BCUT2D eigenvalue weighted by Crippen LogP contribution is 2.37. The largest absolute Gasteiger partial charge is 0.456 e. The van der Waals surface area contributed by atoms with Crippen LogP contribution in [0.3, 0.4) is 0 Å².